The summed E-state index contributed by atoms with van der Waals surface area (Å²) >= 11 is 0. The molecule has 0 aliphatic heterocycles. The molecule has 0 saturated carbocycles. The minimum atomic E-state index is 0.0655. The van der Waals surface area contributed by atoms with Crippen LogP contribution in [0.15, 0.2) is 40.6 Å². The smallest absolute Gasteiger partial charge is 0.160 e. The Morgan fingerprint density at radius 3 is 2.38 bits per heavy atom. The summed E-state index contributed by atoms with van der Waals surface area (Å²) in [5.41, 5.74) is 2.15. The molecule has 0 fully saturated rings. The van der Waals surface area contributed by atoms with E-state index < -0.39 is 0 Å². The molecule has 0 saturated heterocycles. The number of allylic oxidation sites excluding steroid dienone is 3. The fourth-order valence-corrected chi connectivity index (χ4v) is 1.37. The molecule has 0 radical (unpaired) electrons. The van der Waals surface area contributed by atoms with E-state index >= 15 is 0 Å². The van der Waals surface area contributed by atoms with Crippen molar-refractivity contribution in [2.75, 3.05) is 0 Å². The number of Topliss-reactive ketones (excluding diaryl/α,β-unsaturated/α-hetero) is 1. The molecule has 0 aromatic rings. The summed E-state index contributed by atoms with van der Waals surface area (Å²) in [5.74, 6) is 0.0655. The molecule has 0 bridgehead atoms. The fourth-order valence-electron chi connectivity index (χ4n) is 1.37. The number of carbonyl (C=O) groups is 1. The maximum Gasteiger partial charge on any atom is 0.160 e. The first-order chi connectivity index (χ1) is 6.16. The number of ketones is 1. The van der Waals surface area contributed by atoms with E-state index in [4.69, 9.17) is 0 Å². The molecule has 68 valence electrons. The molecule has 0 unspecified atom stereocenters. The predicted molar refractivity (Wildman–Crippen MR) is 54.8 cm³/mol. The van der Waals surface area contributed by atoms with Gasteiger partial charge in [-0.05, 0) is 26.5 Å². The van der Waals surface area contributed by atoms with Crippen LogP contribution in [0.4, 0.5) is 0 Å². The number of rotatable bonds is 3. The zero-order valence-electron chi connectivity index (χ0n) is 7.84. The van der Waals surface area contributed by atoms with Gasteiger partial charge in [-0.1, -0.05) is 18.7 Å². The van der Waals surface area contributed by atoms with Crippen LogP contribution in [0.2, 0.25) is 0 Å². The van der Waals surface area contributed by atoms with Crippen LogP contribution in [0, 0.1) is 0 Å². The Morgan fingerprint density at radius 2 is 1.92 bits per heavy atom. The highest BCUT2D eigenvalue weighted by atomic mass is 16.1. The summed E-state index contributed by atoms with van der Waals surface area (Å²) in [6.07, 6.45) is 5.80. The van der Waals surface area contributed by atoms with Gasteiger partial charge in [0.25, 0.3) is 0 Å². The van der Waals surface area contributed by atoms with Gasteiger partial charge in [-0.2, -0.15) is 0 Å². The van der Waals surface area contributed by atoms with E-state index in [9.17, 15) is 4.79 Å². The first-order valence-corrected chi connectivity index (χ1v) is 4.24. The van der Waals surface area contributed by atoms with Gasteiger partial charge in [0.1, 0.15) is 0 Å². The Labute approximate surface area is 78.4 Å². The third kappa shape index (κ3) is 2.02. The minimum Gasteiger partial charge on any atom is -0.294 e. The van der Waals surface area contributed by atoms with E-state index in [0.717, 1.165) is 24.0 Å². The second-order valence-electron chi connectivity index (χ2n) is 2.97. The van der Waals surface area contributed by atoms with Crippen LogP contribution in [0.3, 0.4) is 0 Å². The lowest BCUT2D eigenvalue weighted by Crippen LogP contribution is -2.04. The topological polar surface area (TPSA) is 29.4 Å². The van der Waals surface area contributed by atoms with Crippen molar-refractivity contribution in [3.05, 3.63) is 35.6 Å². The van der Waals surface area contributed by atoms with Crippen molar-refractivity contribution in [2.45, 2.75) is 19.8 Å². The summed E-state index contributed by atoms with van der Waals surface area (Å²) in [5, 5.41) is 0. The largest absolute Gasteiger partial charge is 0.294 e. The van der Waals surface area contributed by atoms with Gasteiger partial charge >= 0.3 is 0 Å². The Hall–Kier alpha value is -1.44. The monoisotopic (exact) mass is 175 g/mol. The van der Waals surface area contributed by atoms with Gasteiger partial charge in [0.15, 0.2) is 5.78 Å². The van der Waals surface area contributed by atoms with Crippen LogP contribution < -0.4 is 0 Å². The van der Waals surface area contributed by atoms with Crippen molar-refractivity contribution in [1.82, 2.24) is 0 Å². The lowest BCUT2D eigenvalue weighted by molar-refractivity contribution is -0.113. The minimum absolute atomic E-state index is 0.0655. The van der Waals surface area contributed by atoms with Crippen LogP contribution in [-0.2, 0) is 4.79 Å². The van der Waals surface area contributed by atoms with E-state index in [0.29, 0.717) is 5.70 Å². The first kappa shape index (κ1) is 9.65. The van der Waals surface area contributed by atoms with E-state index in [1.165, 1.54) is 0 Å². The maximum absolute atomic E-state index is 11.2. The number of nitrogens with zero attached hydrogens (tertiary/aromatic N) is 1. The molecule has 0 aromatic heterocycles. The van der Waals surface area contributed by atoms with E-state index in [1.807, 2.05) is 12.2 Å². The third-order valence-electron chi connectivity index (χ3n) is 2.03. The zero-order chi connectivity index (χ0) is 9.84. The lowest BCUT2D eigenvalue weighted by atomic mass is 9.93. The van der Waals surface area contributed by atoms with Gasteiger partial charge in [-0.3, -0.25) is 9.79 Å². The molecular formula is C11H13NO. The summed E-state index contributed by atoms with van der Waals surface area (Å²) in [6, 6.07) is 0. The highest BCUT2D eigenvalue weighted by Gasteiger charge is 2.14. The molecule has 2 heteroatoms. The highest BCUT2D eigenvalue weighted by molar-refractivity contribution is 5.99. The summed E-state index contributed by atoms with van der Waals surface area (Å²) in [4.78, 5) is 15.0. The average Bonchev–Trinajstić information content (AvgIpc) is 2.16. The van der Waals surface area contributed by atoms with E-state index in [2.05, 4.69) is 18.3 Å². The molecule has 0 atom stereocenters. The summed E-state index contributed by atoms with van der Waals surface area (Å²) < 4.78 is 0. The average molecular weight is 175 g/mol. The highest BCUT2D eigenvalue weighted by Crippen LogP contribution is 2.25. The number of aliphatic imine (C=N–C) groups is 1. The molecule has 0 aromatic carbocycles. The van der Waals surface area contributed by atoms with Crippen LogP contribution in [0.25, 0.3) is 0 Å². The Kier molecular flexibility index (Phi) is 2.96. The van der Waals surface area contributed by atoms with Crippen LogP contribution in [0.5, 0.6) is 0 Å². The molecule has 13 heavy (non-hydrogen) atoms. The zero-order valence-corrected chi connectivity index (χ0v) is 7.84. The van der Waals surface area contributed by atoms with Crippen molar-refractivity contribution in [3.63, 3.8) is 0 Å². The van der Waals surface area contributed by atoms with Crippen LogP contribution in [0.1, 0.15) is 19.8 Å². The SMILES string of the molecule is C=NC(=C)C1=CCCC=C1C(C)=O. The molecule has 0 spiro atoms. The Balaban J connectivity index is 3.00. The van der Waals surface area contributed by atoms with E-state index in [-0.39, 0.29) is 5.78 Å². The van der Waals surface area contributed by atoms with Crippen molar-refractivity contribution in [3.8, 4) is 0 Å². The second-order valence-corrected chi connectivity index (χ2v) is 2.97. The molecule has 1 aliphatic rings. The van der Waals surface area contributed by atoms with Gasteiger partial charge in [0.2, 0.25) is 0 Å². The van der Waals surface area contributed by atoms with Gasteiger partial charge < -0.3 is 0 Å². The van der Waals surface area contributed by atoms with Crippen molar-refractivity contribution >= 4 is 12.5 Å². The van der Waals surface area contributed by atoms with E-state index in [1.54, 1.807) is 6.92 Å². The molecule has 0 N–H and O–H groups in total. The number of carbonyl (C=O) groups excluding carboxylic acids is 1. The lowest BCUT2D eigenvalue weighted by Gasteiger charge is -2.12. The molecule has 1 rings (SSSR count). The quantitative estimate of drug-likeness (QED) is 0.606. The van der Waals surface area contributed by atoms with Crippen LogP contribution >= 0.6 is 0 Å². The molecule has 2 nitrogen and oxygen atoms in total. The van der Waals surface area contributed by atoms with Gasteiger partial charge in [0.05, 0.1) is 5.70 Å². The molecular weight excluding hydrogens is 162 g/mol. The molecule has 0 amide bonds. The van der Waals surface area contributed by atoms with Crippen LogP contribution in [-0.4, -0.2) is 12.5 Å². The summed E-state index contributed by atoms with van der Waals surface area (Å²) in [6.45, 7) is 8.70. The predicted octanol–water partition coefficient (Wildman–Crippen LogP) is 2.44. The van der Waals surface area contributed by atoms with Crippen molar-refractivity contribution in [1.29, 1.82) is 0 Å². The second kappa shape index (κ2) is 3.99. The van der Waals surface area contributed by atoms with Crippen molar-refractivity contribution in [2.24, 2.45) is 4.99 Å². The molecule has 0 heterocycles. The summed E-state index contributed by atoms with van der Waals surface area (Å²) in [7, 11) is 0. The maximum atomic E-state index is 11.2. The third-order valence-corrected chi connectivity index (χ3v) is 2.03. The van der Waals surface area contributed by atoms with Gasteiger partial charge in [-0.15, -0.1) is 0 Å². The molecule has 1 aliphatic carbocycles. The van der Waals surface area contributed by atoms with Crippen molar-refractivity contribution < 1.29 is 4.79 Å². The fraction of sp³-hybridized carbons (Fsp3) is 0.273. The number of hydrogen-bond donors (Lipinski definition) is 0. The van der Waals surface area contributed by atoms with Gasteiger partial charge in [0, 0.05) is 11.1 Å². The Morgan fingerprint density at radius 1 is 1.38 bits per heavy atom. The first-order valence-electron chi connectivity index (χ1n) is 4.24. The Bertz CT molecular complexity index is 321. The van der Waals surface area contributed by atoms with Gasteiger partial charge in [-0.25, -0.2) is 0 Å². The standard InChI is InChI=1S/C11H13NO/c1-8(12-3)10-6-4-5-7-11(10)9(2)13/h6-7H,1,3-5H2,2H3. The normalized spacial score (nSPS) is 15.8. The number of hydrogen-bond acceptors (Lipinski definition) is 2.